The van der Waals surface area contributed by atoms with Crippen LogP contribution in [0.4, 0.5) is 0 Å². The van der Waals surface area contributed by atoms with Crippen LogP contribution in [-0.2, 0) is 12.8 Å². The minimum absolute atomic E-state index is 0.0726. The molecule has 0 N–H and O–H groups in total. The second-order valence-corrected chi connectivity index (χ2v) is 10.1. The van der Waals surface area contributed by atoms with Crippen LogP contribution < -0.4 is 15.0 Å². The Balaban J connectivity index is 1.30. The van der Waals surface area contributed by atoms with Crippen LogP contribution in [0.2, 0.25) is 0 Å². The highest BCUT2D eigenvalue weighted by Gasteiger charge is 2.26. The van der Waals surface area contributed by atoms with Gasteiger partial charge in [-0.25, -0.2) is 9.97 Å². The topological polar surface area (TPSA) is 130 Å². The van der Waals surface area contributed by atoms with Gasteiger partial charge in [0.2, 0.25) is 5.78 Å². The van der Waals surface area contributed by atoms with Gasteiger partial charge in [0.1, 0.15) is 12.0 Å². The van der Waals surface area contributed by atoms with Crippen LogP contribution in [-0.4, -0.2) is 51.1 Å². The number of ether oxygens (including phenoxy) is 2. The molecule has 0 bridgehead atoms. The van der Waals surface area contributed by atoms with Crippen LogP contribution in [0.3, 0.4) is 0 Å². The molecule has 5 aromatic rings. The van der Waals surface area contributed by atoms with Crippen molar-refractivity contribution >= 4 is 28.3 Å². The average Bonchev–Trinajstić information content (AvgIpc) is 3.04. The Bertz CT molecular complexity index is 1970. The molecule has 0 amide bonds. The van der Waals surface area contributed by atoms with Crippen LogP contribution in [0, 0.1) is 0 Å². The van der Waals surface area contributed by atoms with Crippen molar-refractivity contribution in [3.63, 3.8) is 0 Å². The van der Waals surface area contributed by atoms with Crippen molar-refractivity contribution in [1.29, 1.82) is 0 Å². The van der Waals surface area contributed by atoms with Crippen molar-refractivity contribution < 1.29 is 23.9 Å². The van der Waals surface area contributed by atoms with Gasteiger partial charge in [-0.1, -0.05) is 18.2 Å². The molecule has 10 heteroatoms. The van der Waals surface area contributed by atoms with Gasteiger partial charge in [0, 0.05) is 52.3 Å². The van der Waals surface area contributed by atoms with E-state index in [0.29, 0.717) is 64.3 Å². The lowest BCUT2D eigenvalue weighted by Crippen LogP contribution is -2.32. The van der Waals surface area contributed by atoms with Gasteiger partial charge in [-0.3, -0.25) is 28.7 Å². The number of pyridine rings is 2. The van der Waals surface area contributed by atoms with Gasteiger partial charge in [0.05, 0.1) is 31.7 Å². The van der Waals surface area contributed by atoms with Crippen LogP contribution in [0.5, 0.6) is 11.5 Å². The normalized spacial score (nSPS) is 12.6. The van der Waals surface area contributed by atoms with E-state index >= 15 is 0 Å². The second kappa shape index (κ2) is 11.4. The van der Waals surface area contributed by atoms with E-state index < -0.39 is 11.3 Å². The third-order valence-electron chi connectivity index (χ3n) is 7.52. The zero-order valence-electron chi connectivity index (χ0n) is 23.5. The van der Waals surface area contributed by atoms with Gasteiger partial charge >= 0.3 is 0 Å². The number of hydrogen-bond acceptors (Lipinski definition) is 9. The van der Waals surface area contributed by atoms with E-state index in [1.807, 2.05) is 6.07 Å². The Labute approximate surface area is 246 Å². The molecule has 3 heterocycles. The fourth-order valence-corrected chi connectivity index (χ4v) is 5.37. The van der Waals surface area contributed by atoms with E-state index in [2.05, 4.69) is 15.0 Å². The molecule has 0 fully saturated rings. The summed E-state index contributed by atoms with van der Waals surface area (Å²) in [6.45, 7) is 0. The number of benzene rings is 2. The molecular weight excluding hydrogens is 548 g/mol. The molecular formula is C33H26N4O6. The zero-order valence-corrected chi connectivity index (χ0v) is 23.5. The van der Waals surface area contributed by atoms with Gasteiger partial charge in [-0.05, 0) is 49.2 Å². The average molecular weight is 575 g/mol. The number of para-hydroxylation sites is 1. The summed E-state index contributed by atoms with van der Waals surface area (Å²) in [5, 5.41) is 0.487. The first-order chi connectivity index (χ1) is 20.9. The standard InChI is InChI=1S/C33H26N4O6/c1-42-29-15-22-25(16-30(29)43-2)35-18-36-31(22)32(40)19-11-12-20(34-17-19)13-28(39)24-14-23-26(9-6-10-27(23)38)37(33(24)41)21-7-4-3-5-8-21/h3-5,7-8,11-12,14-18H,6,9-10,13H2,1-2H3. The molecule has 214 valence electrons. The van der Waals surface area contributed by atoms with Crippen LogP contribution >= 0.6 is 0 Å². The quantitative estimate of drug-likeness (QED) is 0.248. The minimum atomic E-state index is -0.473. The van der Waals surface area contributed by atoms with Crippen molar-refractivity contribution in [2.45, 2.75) is 25.7 Å². The Kier molecular flexibility index (Phi) is 7.33. The minimum Gasteiger partial charge on any atom is -0.493 e. The maximum absolute atomic E-state index is 13.6. The fraction of sp³-hybridized carbons (Fsp3) is 0.182. The van der Waals surface area contributed by atoms with Crippen LogP contribution in [0.1, 0.15) is 61.0 Å². The maximum Gasteiger partial charge on any atom is 0.266 e. The number of fused-ring (bicyclic) bond motifs is 2. The number of aromatic nitrogens is 4. The van der Waals surface area contributed by atoms with E-state index in [0.717, 1.165) is 0 Å². The Morgan fingerprint density at radius 1 is 0.884 bits per heavy atom. The third-order valence-corrected chi connectivity index (χ3v) is 7.52. The summed E-state index contributed by atoms with van der Waals surface area (Å²) in [6, 6.07) is 16.9. The molecule has 6 rings (SSSR count). The second-order valence-electron chi connectivity index (χ2n) is 10.1. The van der Waals surface area contributed by atoms with Gasteiger partial charge in [0.25, 0.3) is 5.56 Å². The smallest absolute Gasteiger partial charge is 0.266 e. The van der Waals surface area contributed by atoms with Crippen molar-refractivity contribution in [1.82, 2.24) is 19.5 Å². The lowest BCUT2D eigenvalue weighted by molar-refractivity contribution is 0.0969. The van der Waals surface area contributed by atoms with Gasteiger partial charge in [-0.15, -0.1) is 0 Å². The van der Waals surface area contributed by atoms with E-state index in [-0.39, 0.29) is 34.8 Å². The molecule has 0 saturated heterocycles. The number of Topliss-reactive ketones (excluding diaryl/α,β-unsaturated/α-hetero) is 2. The van der Waals surface area contributed by atoms with E-state index in [1.54, 1.807) is 48.5 Å². The lowest BCUT2D eigenvalue weighted by Gasteiger charge is -2.21. The predicted octanol–water partition coefficient (Wildman–Crippen LogP) is 4.37. The highest BCUT2D eigenvalue weighted by molar-refractivity contribution is 6.14. The highest BCUT2D eigenvalue weighted by Crippen LogP contribution is 2.32. The SMILES string of the molecule is COc1cc2ncnc(C(=O)c3ccc(CC(=O)c4cc5c(n(-c6ccccc6)c4=O)CCCC5=O)nc3)c2cc1OC. The summed E-state index contributed by atoms with van der Waals surface area (Å²) >= 11 is 0. The summed E-state index contributed by atoms with van der Waals surface area (Å²) in [5.74, 6) is -0.0360. The molecule has 0 aliphatic heterocycles. The van der Waals surface area contributed by atoms with Gasteiger partial charge in [-0.2, -0.15) is 0 Å². The largest absolute Gasteiger partial charge is 0.493 e. The fourth-order valence-electron chi connectivity index (χ4n) is 5.37. The molecule has 1 aliphatic rings. The highest BCUT2D eigenvalue weighted by atomic mass is 16.5. The first-order valence-electron chi connectivity index (χ1n) is 13.7. The monoisotopic (exact) mass is 574 g/mol. The van der Waals surface area contributed by atoms with Crippen molar-refractivity contribution in [3.05, 3.63) is 117 Å². The maximum atomic E-state index is 13.6. The predicted molar refractivity (Wildman–Crippen MR) is 158 cm³/mol. The number of ketones is 3. The Morgan fingerprint density at radius 3 is 2.37 bits per heavy atom. The molecule has 3 aromatic heterocycles. The summed E-state index contributed by atoms with van der Waals surface area (Å²) in [5.41, 5.74) is 2.38. The Morgan fingerprint density at radius 2 is 1.65 bits per heavy atom. The number of carbonyl (C=O) groups excluding carboxylic acids is 3. The van der Waals surface area contributed by atoms with Crippen molar-refractivity contribution in [2.24, 2.45) is 0 Å². The summed E-state index contributed by atoms with van der Waals surface area (Å²) in [7, 11) is 3.01. The zero-order chi connectivity index (χ0) is 30.1. The van der Waals surface area contributed by atoms with E-state index in [4.69, 9.17) is 9.47 Å². The first kappa shape index (κ1) is 27.6. The molecule has 0 saturated carbocycles. The summed E-state index contributed by atoms with van der Waals surface area (Å²) in [6.07, 6.45) is 4.07. The molecule has 0 spiro atoms. The van der Waals surface area contributed by atoms with E-state index in [9.17, 15) is 19.2 Å². The molecule has 0 unspecified atom stereocenters. The van der Waals surface area contributed by atoms with Crippen molar-refractivity contribution in [3.8, 4) is 17.2 Å². The molecule has 2 aromatic carbocycles. The van der Waals surface area contributed by atoms with Crippen molar-refractivity contribution in [2.75, 3.05) is 14.2 Å². The first-order valence-corrected chi connectivity index (χ1v) is 13.7. The summed E-state index contributed by atoms with van der Waals surface area (Å²) < 4.78 is 12.2. The number of carbonyl (C=O) groups is 3. The molecule has 1 aliphatic carbocycles. The number of rotatable bonds is 8. The number of hydrogen-bond donors (Lipinski definition) is 0. The third kappa shape index (κ3) is 5.07. The lowest BCUT2D eigenvalue weighted by atomic mass is 9.91. The van der Waals surface area contributed by atoms with E-state index in [1.165, 1.54) is 37.4 Å². The number of methoxy groups -OCH3 is 2. The molecule has 0 atom stereocenters. The number of nitrogens with zero attached hydrogens (tertiary/aromatic N) is 4. The van der Waals surface area contributed by atoms with Gasteiger partial charge < -0.3 is 9.47 Å². The van der Waals surface area contributed by atoms with Crippen LogP contribution in [0.15, 0.2) is 78.0 Å². The molecule has 10 nitrogen and oxygen atoms in total. The molecule has 43 heavy (non-hydrogen) atoms. The van der Waals surface area contributed by atoms with Gasteiger partial charge in [0.15, 0.2) is 23.1 Å². The summed E-state index contributed by atoms with van der Waals surface area (Å²) in [4.78, 5) is 66.0. The Hall–Kier alpha value is -5.51. The molecule has 0 radical (unpaired) electrons. The van der Waals surface area contributed by atoms with Crippen LogP contribution in [0.25, 0.3) is 16.6 Å².